The number of ether oxygens (including phenoxy) is 1. The molecule has 0 saturated carbocycles. The second-order valence-electron chi connectivity index (χ2n) is 7.91. The van der Waals surface area contributed by atoms with E-state index in [1.54, 1.807) is 84.9 Å². The molecular weight excluding hydrogens is 654 g/mol. The molecule has 0 fully saturated rings. The average Bonchev–Trinajstić information content (AvgIpc) is 2.90. The van der Waals surface area contributed by atoms with Crippen LogP contribution in [0.1, 0.15) is 25.7 Å². The van der Waals surface area contributed by atoms with Crippen molar-refractivity contribution < 1.29 is 30.4 Å². The summed E-state index contributed by atoms with van der Waals surface area (Å²) in [6.45, 7) is -0.311. The number of rotatable bonds is 13. The van der Waals surface area contributed by atoms with E-state index in [-0.39, 0.29) is 6.61 Å². The third-order valence-corrected chi connectivity index (χ3v) is 11.5. The maximum Gasteiger partial charge on any atom is 0.466 e. The highest BCUT2D eigenvalue weighted by Crippen LogP contribution is 2.70. The molecule has 3 aromatic rings. The van der Waals surface area contributed by atoms with Crippen molar-refractivity contribution in [3.63, 3.8) is 0 Å². The van der Waals surface area contributed by atoms with Gasteiger partial charge in [0.05, 0.1) is 6.61 Å². The number of benzene rings is 3. The first-order valence-corrected chi connectivity index (χ1v) is 16.3. The van der Waals surface area contributed by atoms with Crippen molar-refractivity contribution in [2.75, 3.05) is 11.9 Å². The van der Waals surface area contributed by atoms with Crippen molar-refractivity contribution >= 4 is 58.3 Å². The van der Waals surface area contributed by atoms with Crippen LogP contribution in [0.2, 0.25) is 0 Å². The van der Waals surface area contributed by atoms with Crippen molar-refractivity contribution in [3.8, 4) is 0 Å². The molecule has 0 N–H and O–H groups in total. The number of carbonyl (C=O) groups is 1. The summed E-state index contributed by atoms with van der Waals surface area (Å²) < 4.78 is 67.7. The monoisotopic (exact) mass is 678 g/mol. The molecule has 0 atom stereocenters. The molecule has 0 amide bonds. The highest BCUT2D eigenvalue weighted by atomic mass is 79.9. The van der Waals surface area contributed by atoms with Crippen molar-refractivity contribution in [3.05, 3.63) is 89.4 Å². The van der Waals surface area contributed by atoms with Gasteiger partial charge in [0, 0.05) is 24.5 Å². The van der Waals surface area contributed by atoms with Gasteiger partial charge in [0.15, 0.2) is 0 Å². The van der Waals surface area contributed by atoms with Gasteiger partial charge in [-0.1, -0.05) is 81.1 Å². The Morgan fingerprint density at radius 2 is 1.24 bits per heavy atom. The Bertz CT molecular complexity index is 1220. The molecule has 37 heavy (non-hydrogen) atoms. The van der Waals surface area contributed by atoms with E-state index in [9.17, 15) is 13.2 Å². The fourth-order valence-corrected chi connectivity index (χ4v) is 9.15. The molecule has 3 aromatic carbocycles. The molecule has 3 rings (SSSR count). The number of halogens is 4. The molecule has 0 aromatic heterocycles. The molecule has 0 spiro atoms. The Morgan fingerprint density at radius 1 is 0.757 bits per heavy atom. The highest BCUT2D eigenvalue weighted by Gasteiger charge is 2.58. The van der Waals surface area contributed by atoms with Crippen LogP contribution in [-0.2, 0) is 23.3 Å². The predicted octanol–water partition coefficient (Wildman–Crippen LogP) is 8.08. The van der Waals surface area contributed by atoms with Crippen LogP contribution in [-0.4, -0.2) is 31.6 Å². The smallest absolute Gasteiger partial charge is 0.460 e. The number of alkyl halides is 3. The van der Waals surface area contributed by atoms with Crippen molar-refractivity contribution in [1.29, 1.82) is 0 Å². The van der Waals surface area contributed by atoms with Gasteiger partial charge in [-0.2, -0.15) is 17.2 Å². The first-order chi connectivity index (χ1) is 17.6. The van der Waals surface area contributed by atoms with E-state index in [0.29, 0.717) is 32.0 Å². The third kappa shape index (κ3) is 7.00. The van der Waals surface area contributed by atoms with E-state index in [2.05, 4.69) is 36.6 Å². The van der Waals surface area contributed by atoms with Crippen LogP contribution in [0, 0.1) is 0 Å². The summed E-state index contributed by atoms with van der Waals surface area (Å²) in [5.41, 5.74) is 0. The average molecular weight is 680 g/mol. The second-order valence-corrected chi connectivity index (χ2v) is 14.1. The van der Waals surface area contributed by atoms with Crippen molar-refractivity contribution in [2.45, 2.75) is 45.6 Å². The fraction of sp³-hybridized carbons (Fsp3) is 0.269. The van der Waals surface area contributed by atoms with Gasteiger partial charge in [0.25, 0.3) is 0 Å². The summed E-state index contributed by atoms with van der Waals surface area (Å²) in [6.07, 6.45) is 2.73. The Hall–Kier alpha value is -1.79. The van der Waals surface area contributed by atoms with Crippen LogP contribution in [0.25, 0.3) is 0 Å². The zero-order chi connectivity index (χ0) is 26.9. The number of hydrogen-bond donors (Lipinski definition) is 0. The summed E-state index contributed by atoms with van der Waals surface area (Å²) >= 11 is 6.65. The van der Waals surface area contributed by atoms with Crippen LogP contribution in [0.4, 0.5) is 8.78 Å². The van der Waals surface area contributed by atoms with Gasteiger partial charge < -0.3 is 4.74 Å². The highest BCUT2D eigenvalue weighted by molar-refractivity contribution is 9.10. The van der Waals surface area contributed by atoms with Crippen molar-refractivity contribution in [2.24, 2.45) is 0 Å². The summed E-state index contributed by atoms with van der Waals surface area (Å²) in [5, 5.41) is -4.11. The molecule has 0 aliphatic heterocycles. The first kappa shape index (κ1) is 29.8. The predicted molar refractivity (Wildman–Crippen MR) is 148 cm³/mol. The lowest BCUT2D eigenvalue weighted by molar-refractivity contribution is -0.161. The van der Waals surface area contributed by atoms with Crippen LogP contribution >= 0.6 is 42.2 Å². The molecule has 5 nitrogen and oxygen atoms in total. The van der Waals surface area contributed by atoms with Crippen LogP contribution in [0.15, 0.2) is 104 Å². The number of hydrogen-bond acceptors (Lipinski definition) is 5. The summed E-state index contributed by atoms with van der Waals surface area (Å²) in [6, 6.07) is 23.1. The van der Waals surface area contributed by atoms with Gasteiger partial charge in [0.1, 0.15) is 0 Å². The Balaban J connectivity index is 2.04. The van der Waals surface area contributed by atoms with Gasteiger partial charge in [0.2, 0.25) is 0 Å². The van der Waals surface area contributed by atoms with Gasteiger partial charge >= 0.3 is 21.3 Å². The van der Waals surface area contributed by atoms with Crippen LogP contribution < -0.4 is 0 Å². The second kappa shape index (κ2) is 13.3. The lowest BCUT2D eigenvalue weighted by atomic mass is 10.2. The molecular formula is C26H26Br2F2O5S2. The summed E-state index contributed by atoms with van der Waals surface area (Å²) in [4.78, 5) is 13.4. The number of esters is 1. The lowest BCUT2D eigenvalue weighted by Crippen LogP contribution is -2.41. The zero-order valence-electron chi connectivity index (χ0n) is 19.7. The summed E-state index contributed by atoms with van der Waals surface area (Å²) in [5.74, 6) is -2.15. The molecule has 0 unspecified atom stereocenters. The molecule has 0 bridgehead atoms. The van der Waals surface area contributed by atoms with E-state index in [1.165, 1.54) is 0 Å². The standard InChI is InChI=1S/C26H26Br2F2O5S2/c27-19-9-1-2-10-20-34-25(31)26(29,30)37(32,33)35-36(22-11-5-3-6-12-22,23-13-7-4-8-14-23)24-17-15-21(28)16-18-24/h3-8,11-18H,1-2,9-10,19-20H2. The lowest BCUT2D eigenvalue weighted by Gasteiger charge is -2.39. The third-order valence-electron chi connectivity index (χ3n) is 5.30. The maximum absolute atomic E-state index is 15.2. The molecule has 0 saturated heterocycles. The van der Waals surface area contributed by atoms with Gasteiger partial charge in [-0.25, -0.2) is 8.42 Å². The van der Waals surface area contributed by atoms with Crippen molar-refractivity contribution in [1.82, 2.24) is 0 Å². The van der Waals surface area contributed by atoms with Gasteiger partial charge in [-0.05, 0) is 71.7 Å². The fourth-order valence-electron chi connectivity index (χ4n) is 3.45. The Labute approximate surface area is 234 Å². The quantitative estimate of drug-likeness (QED) is 0.104. The molecule has 11 heteroatoms. The van der Waals surface area contributed by atoms with Crippen LogP contribution in [0.3, 0.4) is 0 Å². The van der Waals surface area contributed by atoms with E-state index in [0.717, 1.165) is 18.2 Å². The minimum Gasteiger partial charge on any atom is -0.460 e. The first-order valence-electron chi connectivity index (χ1n) is 11.4. The summed E-state index contributed by atoms with van der Waals surface area (Å²) in [7, 11) is -9.07. The zero-order valence-corrected chi connectivity index (χ0v) is 24.5. The Kier molecular flexibility index (Phi) is 10.7. The largest absolute Gasteiger partial charge is 0.466 e. The molecule has 0 heterocycles. The normalized spacial score (nSPS) is 12.8. The van der Waals surface area contributed by atoms with Crippen LogP contribution in [0.5, 0.6) is 0 Å². The van der Waals surface area contributed by atoms with E-state index < -0.39 is 31.7 Å². The van der Waals surface area contributed by atoms with E-state index in [1.807, 2.05) is 0 Å². The maximum atomic E-state index is 15.2. The molecule has 0 aliphatic carbocycles. The molecule has 200 valence electrons. The number of carbonyl (C=O) groups excluding carboxylic acids is 1. The topological polar surface area (TPSA) is 69.7 Å². The minimum atomic E-state index is -5.81. The van der Waals surface area contributed by atoms with E-state index >= 15 is 8.78 Å². The Morgan fingerprint density at radius 3 is 1.76 bits per heavy atom. The van der Waals surface area contributed by atoms with Gasteiger partial charge in [-0.3, -0.25) is 0 Å². The van der Waals surface area contributed by atoms with E-state index in [4.69, 9.17) is 3.63 Å². The van der Waals surface area contributed by atoms with Gasteiger partial charge in [-0.15, -0.1) is 0 Å². The number of unbranched alkanes of at least 4 members (excludes halogenated alkanes) is 3. The minimum absolute atomic E-state index is 0.311. The molecule has 0 radical (unpaired) electrons. The molecule has 0 aliphatic rings. The SMILES string of the molecule is O=C(OCCCCCCBr)C(F)(F)S(=O)(=O)OS(c1ccccc1)(c1ccccc1)c1ccc(Br)cc1.